The Labute approximate surface area is 162 Å². The molecule has 2 atom stereocenters. The molecule has 0 saturated heterocycles. The lowest BCUT2D eigenvalue weighted by Gasteiger charge is -2.16. The van der Waals surface area contributed by atoms with Gasteiger partial charge in [0.1, 0.15) is 0 Å². The highest BCUT2D eigenvalue weighted by atomic mass is 14.7. The van der Waals surface area contributed by atoms with Gasteiger partial charge in [0.15, 0.2) is 0 Å². The first kappa shape index (κ1) is 20.5. The Morgan fingerprint density at radius 1 is 1.11 bits per heavy atom. The molecule has 140 valence electrons. The molecule has 0 aromatic heterocycles. The predicted molar refractivity (Wildman–Crippen MR) is 118 cm³/mol. The Hall–Kier alpha value is -2.78. The third-order valence-corrected chi connectivity index (χ3v) is 4.49. The molecular weight excluding hydrogens is 330 g/mol. The Morgan fingerprint density at radius 2 is 1.78 bits per heavy atom. The van der Waals surface area contributed by atoms with Crippen molar-refractivity contribution >= 4 is 17.5 Å². The van der Waals surface area contributed by atoms with E-state index in [9.17, 15) is 0 Å². The van der Waals surface area contributed by atoms with Gasteiger partial charge in [-0.25, -0.2) is 0 Å². The molecule has 0 aliphatic carbocycles. The summed E-state index contributed by atoms with van der Waals surface area (Å²) in [6.45, 7) is 8.42. The fraction of sp³-hybridized carbons (Fsp3) is 0.250. The average molecular weight is 360 g/mol. The molecule has 3 heteroatoms. The summed E-state index contributed by atoms with van der Waals surface area (Å²) < 4.78 is 0. The maximum absolute atomic E-state index is 7.74. The molecule has 0 heterocycles. The molecule has 3 N–H and O–H groups in total. The van der Waals surface area contributed by atoms with Gasteiger partial charge in [0.05, 0.1) is 12.3 Å². The van der Waals surface area contributed by atoms with Gasteiger partial charge in [0, 0.05) is 29.3 Å². The number of nitrogens with two attached hydrogens (primary N) is 1. The first-order valence-corrected chi connectivity index (χ1v) is 9.40. The lowest BCUT2D eigenvalue weighted by Crippen LogP contribution is -2.10. The smallest absolute Gasteiger partial charge is 0.0725 e. The summed E-state index contributed by atoms with van der Waals surface area (Å²) in [7, 11) is 0. The summed E-state index contributed by atoms with van der Waals surface area (Å²) in [5.41, 5.74) is 11.2. The Kier molecular flexibility index (Phi) is 7.90. The van der Waals surface area contributed by atoms with Crippen molar-refractivity contribution in [3.05, 3.63) is 90.0 Å². The maximum Gasteiger partial charge on any atom is 0.0725 e. The van der Waals surface area contributed by atoms with Crippen LogP contribution in [-0.2, 0) is 0 Å². The minimum absolute atomic E-state index is 0.000800. The lowest BCUT2D eigenvalue weighted by molar-refractivity contribution is 0.818. The van der Waals surface area contributed by atoms with Crippen molar-refractivity contribution in [2.24, 2.45) is 16.6 Å². The van der Waals surface area contributed by atoms with Gasteiger partial charge < -0.3 is 11.1 Å². The quantitative estimate of drug-likeness (QED) is 0.454. The van der Waals surface area contributed by atoms with Crippen molar-refractivity contribution in [3.8, 4) is 0 Å². The van der Waals surface area contributed by atoms with Crippen molar-refractivity contribution in [1.29, 1.82) is 5.41 Å². The number of nitrogens with one attached hydrogen (secondary N) is 1. The molecule has 0 aliphatic rings. The summed E-state index contributed by atoms with van der Waals surface area (Å²) in [5.74, 6) is 0.0671. The van der Waals surface area contributed by atoms with Crippen LogP contribution in [0.4, 0.5) is 0 Å². The average Bonchev–Trinajstić information content (AvgIpc) is 2.71. The molecule has 27 heavy (non-hydrogen) atoms. The topological polar surface area (TPSA) is 62.2 Å². The van der Waals surface area contributed by atoms with Crippen LogP contribution in [-0.4, -0.2) is 18.5 Å². The predicted octanol–water partition coefficient (Wildman–Crippen LogP) is 5.44. The SMILES string of the molecule is C=CCN=C(/C(=C\C(C=N)CC)c1ccccc1)c1ccc(C(C)N)cc1. The van der Waals surface area contributed by atoms with E-state index in [1.807, 2.05) is 25.1 Å². The van der Waals surface area contributed by atoms with Gasteiger partial charge in [-0.15, -0.1) is 6.58 Å². The third-order valence-electron chi connectivity index (χ3n) is 4.49. The molecule has 2 unspecified atom stereocenters. The Bertz CT molecular complexity index is 799. The van der Waals surface area contributed by atoms with Gasteiger partial charge in [-0.05, 0) is 24.5 Å². The van der Waals surface area contributed by atoms with E-state index in [2.05, 4.69) is 56.0 Å². The molecule has 0 spiro atoms. The molecule has 0 bridgehead atoms. The molecule has 3 nitrogen and oxygen atoms in total. The van der Waals surface area contributed by atoms with Crippen LogP contribution in [0.2, 0.25) is 0 Å². The number of hydrogen-bond donors (Lipinski definition) is 2. The zero-order valence-corrected chi connectivity index (χ0v) is 16.2. The van der Waals surface area contributed by atoms with Crippen molar-refractivity contribution in [3.63, 3.8) is 0 Å². The molecule has 0 fully saturated rings. The zero-order valence-electron chi connectivity index (χ0n) is 16.2. The lowest BCUT2D eigenvalue weighted by atomic mass is 9.91. The summed E-state index contributed by atoms with van der Waals surface area (Å²) >= 11 is 0. The van der Waals surface area contributed by atoms with E-state index >= 15 is 0 Å². The minimum Gasteiger partial charge on any atom is -0.324 e. The second-order valence-electron chi connectivity index (χ2n) is 6.57. The van der Waals surface area contributed by atoms with E-state index in [0.29, 0.717) is 6.54 Å². The highest BCUT2D eigenvalue weighted by Crippen LogP contribution is 2.24. The van der Waals surface area contributed by atoms with Gasteiger partial charge >= 0.3 is 0 Å². The van der Waals surface area contributed by atoms with E-state index < -0.39 is 0 Å². The number of benzene rings is 2. The van der Waals surface area contributed by atoms with Crippen LogP contribution in [0, 0.1) is 11.3 Å². The number of rotatable bonds is 9. The van der Waals surface area contributed by atoms with Gasteiger partial charge in [0.2, 0.25) is 0 Å². The highest BCUT2D eigenvalue weighted by molar-refractivity contribution is 6.32. The summed E-state index contributed by atoms with van der Waals surface area (Å²) in [6.07, 6.45) is 6.31. The molecule has 2 aromatic rings. The number of nitrogens with zero attached hydrogens (tertiary/aromatic N) is 1. The third kappa shape index (κ3) is 5.60. The van der Waals surface area contributed by atoms with E-state index in [1.54, 1.807) is 6.08 Å². The van der Waals surface area contributed by atoms with Crippen LogP contribution in [0.15, 0.2) is 78.3 Å². The second kappa shape index (κ2) is 10.4. The summed E-state index contributed by atoms with van der Waals surface area (Å²) in [5, 5.41) is 7.74. The molecule has 0 radical (unpaired) electrons. The minimum atomic E-state index is -0.000800. The normalized spacial score (nSPS) is 14.5. The molecule has 0 saturated carbocycles. The molecule has 2 rings (SSSR count). The van der Waals surface area contributed by atoms with E-state index in [-0.39, 0.29) is 12.0 Å². The van der Waals surface area contributed by atoms with Crippen molar-refractivity contribution in [2.75, 3.05) is 6.54 Å². The number of hydrogen-bond acceptors (Lipinski definition) is 3. The first-order valence-electron chi connectivity index (χ1n) is 9.40. The molecular formula is C24H29N3. The van der Waals surface area contributed by atoms with Crippen LogP contribution >= 0.6 is 0 Å². The van der Waals surface area contributed by atoms with Crippen LogP contribution in [0.3, 0.4) is 0 Å². The van der Waals surface area contributed by atoms with Crippen LogP contribution in [0.5, 0.6) is 0 Å². The van der Waals surface area contributed by atoms with Crippen molar-refractivity contribution in [1.82, 2.24) is 0 Å². The van der Waals surface area contributed by atoms with Crippen LogP contribution in [0.1, 0.15) is 43.0 Å². The Morgan fingerprint density at radius 3 is 2.30 bits per heavy atom. The summed E-state index contributed by atoms with van der Waals surface area (Å²) in [4.78, 5) is 4.81. The van der Waals surface area contributed by atoms with Gasteiger partial charge in [-0.3, -0.25) is 4.99 Å². The highest BCUT2D eigenvalue weighted by Gasteiger charge is 2.14. The monoisotopic (exact) mass is 359 g/mol. The largest absolute Gasteiger partial charge is 0.324 e. The van der Waals surface area contributed by atoms with Crippen molar-refractivity contribution in [2.45, 2.75) is 26.3 Å². The van der Waals surface area contributed by atoms with E-state index in [1.165, 1.54) is 6.21 Å². The Balaban J connectivity index is 2.60. The fourth-order valence-electron chi connectivity index (χ4n) is 2.86. The van der Waals surface area contributed by atoms with Gasteiger partial charge in [-0.2, -0.15) is 0 Å². The molecule has 2 aromatic carbocycles. The van der Waals surface area contributed by atoms with Crippen LogP contribution < -0.4 is 5.73 Å². The first-order chi connectivity index (χ1) is 13.1. The van der Waals surface area contributed by atoms with E-state index in [4.69, 9.17) is 16.1 Å². The van der Waals surface area contributed by atoms with Gasteiger partial charge in [-0.1, -0.05) is 73.7 Å². The second-order valence-corrected chi connectivity index (χ2v) is 6.57. The van der Waals surface area contributed by atoms with Gasteiger partial charge in [0.25, 0.3) is 0 Å². The number of allylic oxidation sites excluding steroid dienone is 2. The van der Waals surface area contributed by atoms with E-state index in [0.717, 1.165) is 34.4 Å². The molecule has 0 amide bonds. The molecule has 0 aliphatic heterocycles. The zero-order chi connectivity index (χ0) is 19.6. The standard InChI is InChI=1S/C24H29N3/c1-4-15-27-24(22-13-11-20(12-14-22)18(3)26)23(16-19(5-2)17-25)21-9-7-6-8-10-21/h4,6-14,16-19,25H,1,5,15,26H2,2-3H3/b23-16-,25-17?,27-24?. The fourth-order valence-corrected chi connectivity index (χ4v) is 2.86. The van der Waals surface area contributed by atoms with Crippen molar-refractivity contribution < 1.29 is 0 Å². The maximum atomic E-state index is 7.74. The number of aliphatic imine (C=N–C) groups is 1. The van der Waals surface area contributed by atoms with Crippen LogP contribution in [0.25, 0.3) is 5.57 Å². The summed E-state index contributed by atoms with van der Waals surface area (Å²) in [6, 6.07) is 18.5.